The first-order valence-electron chi connectivity index (χ1n) is 6.52. The quantitative estimate of drug-likeness (QED) is 0.365. The smallest absolute Gasteiger partial charge is 0.169 e. The van der Waals surface area contributed by atoms with E-state index in [1.54, 1.807) is 42.5 Å². The summed E-state index contributed by atoms with van der Waals surface area (Å²) >= 11 is 0. The molecule has 108 valence electrons. The second-order valence-corrected chi connectivity index (χ2v) is 5.19. The molecular weight excluding hydrogens is 268 g/mol. The van der Waals surface area contributed by atoms with Gasteiger partial charge in [-0.3, -0.25) is 4.79 Å². The molecule has 0 heterocycles. The molecule has 21 heavy (non-hydrogen) atoms. The Kier molecular flexibility index (Phi) is 4.26. The number of ketones is 1. The molecule has 0 aliphatic heterocycles. The molecule has 0 N–H and O–H groups in total. The van der Waals surface area contributed by atoms with Gasteiger partial charge in [-0.05, 0) is 23.4 Å². The predicted octanol–water partition coefficient (Wildman–Crippen LogP) is 3.57. The predicted molar refractivity (Wildman–Crippen MR) is 83.4 cm³/mol. The molecule has 0 aliphatic rings. The first kappa shape index (κ1) is 15.0. The molecule has 0 atom stereocenters. The number of benzene rings is 2. The molecular formula is C16H16N2O3. The van der Waals surface area contributed by atoms with E-state index in [9.17, 15) is 14.9 Å². The van der Waals surface area contributed by atoms with Crippen molar-refractivity contribution in [1.29, 1.82) is 0 Å². The van der Waals surface area contributed by atoms with Crippen molar-refractivity contribution in [1.82, 2.24) is 4.65 Å². The number of Topliss-reactive ketones (excluding diaryl/α,β-unsaturated/α-hetero) is 1. The lowest BCUT2D eigenvalue weighted by atomic mass is 10.00. The van der Waals surface area contributed by atoms with Crippen LogP contribution in [0.15, 0.2) is 53.7 Å². The Balaban J connectivity index is 2.35. The summed E-state index contributed by atoms with van der Waals surface area (Å²) in [4.78, 5) is 23.1. The Labute approximate surface area is 123 Å². The fourth-order valence-corrected chi connectivity index (χ4v) is 2.24. The average Bonchev–Trinajstić information content (AvgIpc) is 2.46. The van der Waals surface area contributed by atoms with Gasteiger partial charge in [0.15, 0.2) is 5.78 Å². The molecule has 0 radical (unpaired) electrons. The summed E-state index contributed by atoms with van der Waals surface area (Å²) < 4.78 is -0.614. The number of hydroxylamine groups is 2. The van der Waals surface area contributed by atoms with Gasteiger partial charge in [0, 0.05) is 17.5 Å². The molecule has 2 aromatic rings. The van der Waals surface area contributed by atoms with Gasteiger partial charge in [0.25, 0.3) is 0 Å². The molecule has 2 aromatic carbocycles. The second-order valence-electron chi connectivity index (χ2n) is 5.19. The highest BCUT2D eigenvalue weighted by molar-refractivity contribution is 6.02. The van der Waals surface area contributed by atoms with Crippen LogP contribution in [0.25, 0.3) is 0 Å². The molecule has 0 amide bonds. The Morgan fingerprint density at radius 1 is 1.10 bits per heavy atom. The molecule has 0 unspecified atom stereocenters. The maximum Gasteiger partial charge on any atom is 0.169 e. The van der Waals surface area contributed by atoms with Crippen molar-refractivity contribution in [2.45, 2.75) is 6.42 Å². The Morgan fingerprint density at radius 3 is 2.38 bits per heavy atom. The van der Waals surface area contributed by atoms with Gasteiger partial charge >= 0.3 is 0 Å². The molecule has 0 aliphatic carbocycles. The van der Waals surface area contributed by atoms with Gasteiger partial charge in [-0.15, -0.1) is 4.91 Å². The van der Waals surface area contributed by atoms with Crippen LogP contribution in [-0.4, -0.2) is 19.9 Å². The number of hydrogen-bond donors (Lipinski definition) is 0. The summed E-state index contributed by atoms with van der Waals surface area (Å²) in [6.45, 7) is 0. The van der Waals surface area contributed by atoms with Crippen molar-refractivity contribution in [2.24, 2.45) is 5.18 Å². The summed E-state index contributed by atoms with van der Waals surface area (Å²) in [6.07, 6.45) is 0.0621. The maximum absolute atomic E-state index is 12.4. The summed E-state index contributed by atoms with van der Waals surface area (Å²) in [5.74, 6) is -0.230. The number of nitrogens with zero attached hydrogens (tertiary/aromatic N) is 2. The van der Waals surface area contributed by atoms with E-state index in [-0.39, 0.29) is 23.5 Å². The van der Waals surface area contributed by atoms with Crippen LogP contribution < -0.4 is 4.65 Å². The van der Waals surface area contributed by atoms with E-state index in [2.05, 4.69) is 5.18 Å². The number of quaternary nitrogens is 1. The van der Waals surface area contributed by atoms with Gasteiger partial charge in [-0.2, -0.15) is 0 Å². The highest BCUT2D eigenvalue weighted by Gasteiger charge is 2.18. The van der Waals surface area contributed by atoms with E-state index in [1.165, 1.54) is 20.2 Å². The molecule has 0 bridgehead atoms. The van der Waals surface area contributed by atoms with Crippen LogP contribution in [-0.2, 0) is 6.42 Å². The van der Waals surface area contributed by atoms with Crippen molar-refractivity contribution in [3.05, 3.63) is 69.8 Å². The fourth-order valence-electron chi connectivity index (χ4n) is 2.24. The summed E-state index contributed by atoms with van der Waals surface area (Å²) in [7, 11) is 3.01. The van der Waals surface area contributed by atoms with E-state index in [0.717, 1.165) is 0 Å². The monoisotopic (exact) mass is 284 g/mol. The van der Waals surface area contributed by atoms with Crippen LogP contribution >= 0.6 is 0 Å². The number of nitroso groups, excluding NO2 is 1. The third kappa shape index (κ3) is 3.39. The third-order valence-electron chi connectivity index (χ3n) is 3.23. The lowest BCUT2D eigenvalue weighted by molar-refractivity contribution is 0.0993. The number of carbonyl (C=O) groups excluding carboxylic acids is 1. The molecule has 5 nitrogen and oxygen atoms in total. The van der Waals surface area contributed by atoms with Gasteiger partial charge in [0.1, 0.15) is 11.4 Å². The molecule has 0 fully saturated rings. The van der Waals surface area contributed by atoms with Crippen LogP contribution in [0.3, 0.4) is 0 Å². The zero-order valence-corrected chi connectivity index (χ0v) is 11.9. The van der Waals surface area contributed by atoms with Gasteiger partial charge in [-0.25, -0.2) is 0 Å². The van der Waals surface area contributed by atoms with E-state index in [4.69, 9.17) is 0 Å². The van der Waals surface area contributed by atoms with Crippen LogP contribution in [0, 0.1) is 10.1 Å². The lowest BCUT2D eigenvalue weighted by Gasteiger charge is -2.34. The maximum atomic E-state index is 12.4. The van der Waals surface area contributed by atoms with Gasteiger partial charge in [0.2, 0.25) is 0 Å². The lowest BCUT2D eigenvalue weighted by Crippen LogP contribution is -2.33. The van der Waals surface area contributed by atoms with Crippen molar-refractivity contribution in [3.8, 4) is 0 Å². The van der Waals surface area contributed by atoms with Crippen molar-refractivity contribution < 1.29 is 4.79 Å². The third-order valence-corrected chi connectivity index (χ3v) is 3.23. The SMILES string of the molecule is C[N+](C)([O-])c1ccccc1CC(=O)c1ccccc1N=O. The van der Waals surface area contributed by atoms with Gasteiger partial charge in [0.05, 0.1) is 14.1 Å². The normalized spacial score (nSPS) is 11.2. The minimum Gasteiger partial charge on any atom is -0.628 e. The topological polar surface area (TPSA) is 69.6 Å². The molecule has 5 heteroatoms. The Morgan fingerprint density at radius 2 is 1.71 bits per heavy atom. The molecule has 0 aromatic heterocycles. The standard InChI is InChI=1S/C16H16N2O3/c1-18(2,21)15-10-6-3-7-12(15)11-16(19)13-8-4-5-9-14(13)17-20/h3-10H,11H2,1-2H3. The Hall–Kier alpha value is -2.37. The Bertz CT molecular complexity index is 675. The summed E-state index contributed by atoms with van der Waals surface area (Å²) in [6, 6.07) is 13.4. The zero-order chi connectivity index (χ0) is 15.5. The molecule has 2 rings (SSSR count). The first-order valence-corrected chi connectivity index (χ1v) is 6.52. The van der Waals surface area contributed by atoms with E-state index in [0.29, 0.717) is 11.3 Å². The van der Waals surface area contributed by atoms with E-state index >= 15 is 0 Å². The zero-order valence-electron chi connectivity index (χ0n) is 11.9. The first-order chi connectivity index (χ1) is 9.93. The largest absolute Gasteiger partial charge is 0.628 e. The van der Waals surface area contributed by atoms with Crippen molar-refractivity contribution >= 4 is 17.2 Å². The molecule has 0 saturated carbocycles. The summed E-state index contributed by atoms with van der Waals surface area (Å²) in [5.41, 5.74) is 1.58. The van der Waals surface area contributed by atoms with Crippen LogP contribution in [0.4, 0.5) is 11.4 Å². The number of rotatable bonds is 5. The van der Waals surface area contributed by atoms with Gasteiger partial charge < -0.3 is 9.85 Å². The molecule has 0 saturated heterocycles. The van der Waals surface area contributed by atoms with Crippen LogP contribution in [0.2, 0.25) is 0 Å². The average molecular weight is 284 g/mol. The minimum atomic E-state index is -0.614. The van der Waals surface area contributed by atoms with Crippen molar-refractivity contribution in [3.63, 3.8) is 0 Å². The van der Waals surface area contributed by atoms with E-state index in [1.807, 2.05) is 0 Å². The van der Waals surface area contributed by atoms with E-state index < -0.39 is 4.65 Å². The number of carbonyl (C=O) groups is 1. The number of para-hydroxylation sites is 1. The van der Waals surface area contributed by atoms with Crippen LogP contribution in [0.1, 0.15) is 15.9 Å². The van der Waals surface area contributed by atoms with Crippen molar-refractivity contribution in [2.75, 3.05) is 14.1 Å². The highest BCUT2D eigenvalue weighted by atomic mass is 16.5. The fraction of sp³-hybridized carbons (Fsp3) is 0.188. The number of hydrogen-bond acceptors (Lipinski definition) is 4. The van der Waals surface area contributed by atoms with Gasteiger partial charge in [-0.1, -0.05) is 30.3 Å². The second kappa shape index (κ2) is 5.95. The van der Waals surface area contributed by atoms with Crippen LogP contribution in [0.5, 0.6) is 0 Å². The highest BCUT2D eigenvalue weighted by Crippen LogP contribution is 2.26. The molecule has 0 spiro atoms. The minimum absolute atomic E-state index is 0.0621. The summed E-state index contributed by atoms with van der Waals surface area (Å²) in [5, 5.41) is 15.0.